The zero-order valence-electron chi connectivity index (χ0n) is 10.9. The Kier molecular flexibility index (Phi) is 3.44. The van der Waals surface area contributed by atoms with Crippen LogP contribution in [-0.4, -0.2) is 44.8 Å². The molecular weight excluding hydrogens is 258 g/mol. The molecule has 1 unspecified atom stereocenters. The summed E-state index contributed by atoms with van der Waals surface area (Å²) in [6.45, 7) is 2.17. The molecule has 5 nitrogen and oxygen atoms in total. The van der Waals surface area contributed by atoms with Crippen molar-refractivity contribution >= 4 is 12.2 Å². The van der Waals surface area contributed by atoms with E-state index in [1.807, 2.05) is 18.3 Å². The van der Waals surface area contributed by atoms with E-state index in [1.54, 1.807) is 6.20 Å². The smallest absolute Gasteiger partial charge is 0.195 e. The van der Waals surface area contributed by atoms with Gasteiger partial charge in [-0.15, -0.1) is 0 Å². The van der Waals surface area contributed by atoms with Gasteiger partial charge in [-0.05, 0) is 50.8 Å². The highest BCUT2D eigenvalue weighted by molar-refractivity contribution is 7.71. The molecule has 2 aromatic rings. The molecule has 0 aromatic carbocycles. The molecule has 1 fully saturated rings. The van der Waals surface area contributed by atoms with Crippen molar-refractivity contribution in [2.45, 2.75) is 18.9 Å². The van der Waals surface area contributed by atoms with Gasteiger partial charge in [0.2, 0.25) is 0 Å². The Morgan fingerprint density at radius 1 is 1.47 bits per heavy atom. The van der Waals surface area contributed by atoms with Gasteiger partial charge in [0.1, 0.15) is 0 Å². The Bertz CT molecular complexity index is 603. The van der Waals surface area contributed by atoms with Gasteiger partial charge >= 0.3 is 0 Å². The van der Waals surface area contributed by atoms with E-state index < -0.39 is 0 Å². The lowest BCUT2D eigenvalue weighted by molar-refractivity contribution is 0.212. The molecule has 0 aliphatic carbocycles. The molecule has 3 rings (SSSR count). The van der Waals surface area contributed by atoms with E-state index in [4.69, 9.17) is 12.2 Å². The van der Waals surface area contributed by atoms with Gasteiger partial charge in [-0.25, -0.2) is 0 Å². The number of rotatable bonds is 2. The van der Waals surface area contributed by atoms with Crippen LogP contribution in [0.5, 0.6) is 0 Å². The number of piperidine rings is 1. The fourth-order valence-corrected chi connectivity index (χ4v) is 2.97. The molecule has 0 spiro atoms. The van der Waals surface area contributed by atoms with E-state index in [0.29, 0.717) is 10.8 Å². The molecule has 1 aliphatic heterocycles. The molecule has 100 valence electrons. The zero-order valence-corrected chi connectivity index (χ0v) is 11.7. The predicted molar refractivity (Wildman–Crippen MR) is 76.4 cm³/mol. The first kappa shape index (κ1) is 12.5. The lowest BCUT2D eigenvalue weighted by Crippen LogP contribution is -2.33. The van der Waals surface area contributed by atoms with Crippen LogP contribution in [0.15, 0.2) is 24.5 Å². The van der Waals surface area contributed by atoms with Crippen LogP contribution in [0.3, 0.4) is 0 Å². The summed E-state index contributed by atoms with van der Waals surface area (Å²) < 4.78 is 2.83. The molecule has 0 amide bonds. The van der Waals surface area contributed by atoms with Crippen molar-refractivity contribution in [1.82, 2.24) is 24.6 Å². The van der Waals surface area contributed by atoms with Gasteiger partial charge in [-0.3, -0.25) is 14.6 Å². The molecule has 3 heterocycles. The summed E-state index contributed by atoms with van der Waals surface area (Å²) in [5.74, 6) is 0.887. The van der Waals surface area contributed by atoms with Gasteiger partial charge < -0.3 is 4.90 Å². The summed E-state index contributed by atoms with van der Waals surface area (Å²) >= 11 is 5.40. The molecule has 2 aromatic heterocycles. The molecule has 6 heteroatoms. The average molecular weight is 275 g/mol. The number of pyridine rings is 1. The monoisotopic (exact) mass is 275 g/mol. The van der Waals surface area contributed by atoms with Gasteiger partial charge in [-0.1, -0.05) is 0 Å². The van der Waals surface area contributed by atoms with E-state index in [1.165, 1.54) is 6.42 Å². The number of likely N-dealkylation sites (N-methyl/N-ethyl adjacent to an activating group) is 1. The first-order valence-corrected chi connectivity index (χ1v) is 6.92. The van der Waals surface area contributed by atoms with Crippen LogP contribution in [0, 0.1) is 4.77 Å². The summed E-state index contributed by atoms with van der Waals surface area (Å²) in [6, 6.07) is 4.32. The van der Waals surface area contributed by atoms with Crippen molar-refractivity contribution in [3.8, 4) is 11.4 Å². The maximum Gasteiger partial charge on any atom is 0.195 e. The topological polar surface area (TPSA) is 49.7 Å². The molecular formula is C13H17N5S. The minimum Gasteiger partial charge on any atom is -0.304 e. The first-order chi connectivity index (χ1) is 9.25. The number of hydrogen-bond acceptors (Lipinski definition) is 4. The Hall–Kier alpha value is -1.53. The third-order valence-corrected chi connectivity index (χ3v) is 3.88. The van der Waals surface area contributed by atoms with Gasteiger partial charge in [0.25, 0.3) is 0 Å². The Labute approximate surface area is 117 Å². The van der Waals surface area contributed by atoms with E-state index in [2.05, 4.69) is 31.7 Å². The highest BCUT2D eigenvalue weighted by Gasteiger charge is 2.22. The summed E-state index contributed by atoms with van der Waals surface area (Å²) in [5, 5.41) is 7.29. The maximum absolute atomic E-state index is 5.40. The van der Waals surface area contributed by atoms with Crippen molar-refractivity contribution in [2.24, 2.45) is 0 Å². The van der Waals surface area contributed by atoms with E-state index in [0.717, 1.165) is 30.9 Å². The predicted octanol–water partition coefficient (Wildman–Crippen LogP) is 2.27. The highest BCUT2D eigenvalue weighted by Crippen LogP contribution is 2.26. The number of aromatic nitrogens is 4. The first-order valence-electron chi connectivity index (χ1n) is 6.51. The van der Waals surface area contributed by atoms with Crippen LogP contribution >= 0.6 is 12.2 Å². The van der Waals surface area contributed by atoms with Crippen molar-refractivity contribution in [1.29, 1.82) is 0 Å². The van der Waals surface area contributed by atoms with Crippen LogP contribution in [0.4, 0.5) is 0 Å². The zero-order chi connectivity index (χ0) is 13.2. The van der Waals surface area contributed by atoms with Crippen molar-refractivity contribution in [3.05, 3.63) is 29.3 Å². The van der Waals surface area contributed by atoms with Crippen LogP contribution < -0.4 is 0 Å². The Morgan fingerprint density at radius 3 is 3.11 bits per heavy atom. The molecule has 1 atom stereocenters. The third-order valence-electron chi connectivity index (χ3n) is 3.59. The number of nitrogens with one attached hydrogen (secondary N) is 1. The lowest BCUT2D eigenvalue weighted by Gasteiger charge is -2.31. The number of nitrogens with zero attached hydrogens (tertiary/aromatic N) is 4. The molecule has 0 radical (unpaired) electrons. The average Bonchev–Trinajstić information content (AvgIpc) is 2.82. The molecule has 19 heavy (non-hydrogen) atoms. The van der Waals surface area contributed by atoms with Crippen molar-refractivity contribution in [2.75, 3.05) is 20.1 Å². The quantitative estimate of drug-likeness (QED) is 0.854. The molecule has 1 saturated heterocycles. The summed E-state index contributed by atoms with van der Waals surface area (Å²) in [4.78, 5) is 6.50. The standard InChI is InChI=1S/C13H17N5S/c1-17-7-3-5-11(9-17)18-12(15-16-13(18)19)10-4-2-6-14-8-10/h2,4,6,8,11H,3,5,7,9H2,1H3,(H,16,19). The number of likely N-dealkylation sites (tertiary alicyclic amines) is 1. The van der Waals surface area contributed by atoms with Gasteiger partial charge in [0.05, 0.1) is 6.04 Å². The summed E-state index contributed by atoms with van der Waals surface area (Å²) in [7, 11) is 2.15. The molecule has 0 saturated carbocycles. The van der Waals surface area contributed by atoms with E-state index in [-0.39, 0.29) is 0 Å². The Morgan fingerprint density at radius 2 is 2.37 bits per heavy atom. The van der Waals surface area contributed by atoms with E-state index in [9.17, 15) is 0 Å². The van der Waals surface area contributed by atoms with Crippen LogP contribution in [-0.2, 0) is 0 Å². The van der Waals surface area contributed by atoms with Crippen molar-refractivity contribution in [3.63, 3.8) is 0 Å². The van der Waals surface area contributed by atoms with Gasteiger partial charge in [-0.2, -0.15) is 5.10 Å². The molecule has 1 aliphatic rings. The minimum absolute atomic E-state index is 0.389. The second kappa shape index (κ2) is 5.22. The number of aromatic amines is 1. The van der Waals surface area contributed by atoms with E-state index >= 15 is 0 Å². The number of hydrogen-bond donors (Lipinski definition) is 1. The van der Waals surface area contributed by atoms with Crippen LogP contribution in [0.1, 0.15) is 18.9 Å². The highest BCUT2D eigenvalue weighted by atomic mass is 32.1. The maximum atomic E-state index is 5.40. The second-order valence-electron chi connectivity index (χ2n) is 5.02. The fraction of sp³-hybridized carbons (Fsp3) is 0.462. The van der Waals surface area contributed by atoms with Crippen molar-refractivity contribution < 1.29 is 0 Å². The normalized spacial score (nSPS) is 20.6. The summed E-state index contributed by atoms with van der Waals surface area (Å²) in [6.07, 6.45) is 5.93. The SMILES string of the molecule is CN1CCCC(n2c(-c3cccnc3)n[nH]c2=S)C1. The van der Waals surface area contributed by atoms with Gasteiger partial charge in [0.15, 0.2) is 10.6 Å². The largest absolute Gasteiger partial charge is 0.304 e. The van der Waals surface area contributed by atoms with Crippen LogP contribution in [0.25, 0.3) is 11.4 Å². The lowest BCUT2D eigenvalue weighted by atomic mass is 10.1. The fourth-order valence-electron chi connectivity index (χ4n) is 2.69. The number of H-pyrrole nitrogens is 1. The second-order valence-corrected chi connectivity index (χ2v) is 5.41. The Balaban J connectivity index is 2.02. The summed E-state index contributed by atoms with van der Waals surface area (Å²) in [5.41, 5.74) is 1.00. The third kappa shape index (κ3) is 2.46. The minimum atomic E-state index is 0.389. The molecule has 1 N–H and O–H groups in total. The molecule has 0 bridgehead atoms. The van der Waals surface area contributed by atoms with Crippen LogP contribution in [0.2, 0.25) is 0 Å². The van der Waals surface area contributed by atoms with Gasteiger partial charge in [0, 0.05) is 24.5 Å².